The van der Waals surface area contributed by atoms with Crippen molar-refractivity contribution >= 4 is 11.6 Å². The van der Waals surface area contributed by atoms with Crippen LogP contribution in [0.15, 0.2) is 0 Å². The molecule has 11 heavy (non-hydrogen) atoms. The molecule has 0 amide bonds. The minimum Gasteiger partial charge on any atom is -0.313 e. The molecule has 0 aliphatic carbocycles. The van der Waals surface area contributed by atoms with Crippen molar-refractivity contribution in [3.05, 3.63) is 0 Å². The molecule has 0 aliphatic heterocycles. The average molecular weight is 178 g/mol. The summed E-state index contributed by atoms with van der Waals surface area (Å²) in [5.41, 5.74) is 0. The molecule has 1 nitrogen and oxygen atoms in total. The number of alkyl halides is 1. The van der Waals surface area contributed by atoms with Crippen LogP contribution in [-0.4, -0.2) is 18.0 Å². The van der Waals surface area contributed by atoms with Gasteiger partial charge < -0.3 is 5.32 Å². The predicted molar refractivity (Wildman–Crippen MR) is 52.2 cm³/mol. The smallest absolute Gasteiger partial charge is 0.0483 e. The summed E-state index contributed by atoms with van der Waals surface area (Å²) < 4.78 is 0. The topological polar surface area (TPSA) is 12.0 Å². The van der Waals surface area contributed by atoms with Gasteiger partial charge in [0.25, 0.3) is 0 Å². The first-order chi connectivity index (χ1) is 5.07. The van der Waals surface area contributed by atoms with E-state index < -0.39 is 0 Å². The molecule has 2 heteroatoms. The number of hydrogen-bond donors (Lipinski definition) is 1. The minimum absolute atomic E-state index is 0.268. The molecule has 0 saturated heterocycles. The quantitative estimate of drug-likeness (QED) is 0.637. The summed E-state index contributed by atoms with van der Waals surface area (Å²) in [6.07, 6.45) is 1.17. The van der Waals surface area contributed by atoms with Crippen LogP contribution in [0.4, 0.5) is 0 Å². The van der Waals surface area contributed by atoms with Crippen LogP contribution in [0.3, 0.4) is 0 Å². The molecule has 0 aliphatic rings. The normalized spacial score (nSPS) is 16.9. The number of rotatable bonds is 5. The van der Waals surface area contributed by atoms with Gasteiger partial charge in [0.1, 0.15) is 0 Å². The molecule has 0 aromatic carbocycles. The Hall–Kier alpha value is 0.250. The standard InChI is InChI=1S/C9H20ClN/c1-5-8(4)11-6-9(10)7(2)3/h7-9,11H,5-6H2,1-4H3. The van der Waals surface area contributed by atoms with Gasteiger partial charge in [-0.3, -0.25) is 0 Å². The third-order valence-electron chi connectivity index (χ3n) is 2.00. The van der Waals surface area contributed by atoms with Crippen LogP contribution in [-0.2, 0) is 0 Å². The molecule has 2 atom stereocenters. The zero-order chi connectivity index (χ0) is 8.85. The Balaban J connectivity index is 3.37. The lowest BCUT2D eigenvalue weighted by atomic mass is 10.1. The molecule has 68 valence electrons. The van der Waals surface area contributed by atoms with E-state index in [9.17, 15) is 0 Å². The van der Waals surface area contributed by atoms with E-state index in [1.165, 1.54) is 6.42 Å². The fourth-order valence-corrected chi connectivity index (χ4v) is 0.783. The van der Waals surface area contributed by atoms with Crippen molar-refractivity contribution in [1.29, 1.82) is 0 Å². The summed E-state index contributed by atoms with van der Waals surface area (Å²) in [5.74, 6) is 0.563. The molecule has 0 saturated carbocycles. The molecule has 1 N–H and O–H groups in total. The Kier molecular flexibility index (Phi) is 5.98. The Bertz CT molecular complexity index is 93.6. The number of nitrogens with one attached hydrogen (secondary N) is 1. The molecule has 0 aromatic heterocycles. The molecule has 2 unspecified atom stereocenters. The monoisotopic (exact) mass is 177 g/mol. The highest BCUT2D eigenvalue weighted by Gasteiger charge is 2.09. The van der Waals surface area contributed by atoms with E-state index in [1.807, 2.05) is 0 Å². The van der Waals surface area contributed by atoms with Crippen LogP contribution in [0.5, 0.6) is 0 Å². The van der Waals surface area contributed by atoms with E-state index in [0.29, 0.717) is 12.0 Å². The SMILES string of the molecule is CCC(C)NCC(Cl)C(C)C. The maximum Gasteiger partial charge on any atom is 0.0483 e. The van der Waals surface area contributed by atoms with Crippen molar-refractivity contribution in [2.24, 2.45) is 5.92 Å². The number of hydrogen-bond acceptors (Lipinski definition) is 1. The maximum absolute atomic E-state index is 6.05. The fraction of sp³-hybridized carbons (Fsp3) is 1.00. The predicted octanol–water partition coefficient (Wildman–Crippen LogP) is 2.64. The number of halogens is 1. The van der Waals surface area contributed by atoms with Crippen molar-refractivity contribution in [2.75, 3.05) is 6.54 Å². The Morgan fingerprint density at radius 1 is 1.27 bits per heavy atom. The van der Waals surface area contributed by atoms with Crippen molar-refractivity contribution in [3.63, 3.8) is 0 Å². The molecule has 0 fully saturated rings. The summed E-state index contributed by atoms with van der Waals surface area (Å²) in [6.45, 7) is 9.58. The largest absolute Gasteiger partial charge is 0.313 e. The Morgan fingerprint density at radius 2 is 1.82 bits per heavy atom. The lowest BCUT2D eigenvalue weighted by molar-refractivity contribution is 0.485. The van der Waals surface area contributed by atoms with Crippen LogP contribution in [0.2, 0.25) is 0 Å². The third kappa shape index (κ3) is 5.51. The first kappa shape index (κ1) is 11.2. The summed E-state index contributed by atoms with van der Waals surface area (Å²) in [7, 11) is 0. The molecular weight excluding hydrogens is 158 g/mol. The van der Waals surface area contributed by atoms with Gasteiger partial charge in [0, 0.05) is 18.0 Å². The Labute approximate surface area is 75.5 Å². The lowest BCUT2D eigenvalue weighted by Crippen LogP contribution is -2.33. The van der Waals surface area contributed by atoms with Gasteiger partial charge in [-0.1, -0.05) is 20.8 Å². The van der Waals surface area contributed by atoms with Crippen LogP contribution in [0, 0.1) is 5.92 Å². The molecule has 0 spiro atoms. The average Bonchev–Trinajstić information content (AvgIpc) is 1.99. The fourth-order valence-electron chi connectivity index (χ4n) is 0.694. The van der Waals surface area contributed by atoms with E-state index in [0.717, 1.165) is 6.54 Å². The van der Waals surface area contributed by atoms with Gasteiger partial charge in [-0.25, -0.2) is 0 Å². The van der Waals surface area contributed by atoms with Crippen molar-refractivity contribution < 1.29 is 0 Å². The molecular formula is C9H20ClN. The van der Waals surface area contributed by atoms with E-state index in [2.05, 4.69) is 33.0 Å². The van der Waals surface area contributed by atoms with Crippen molar-refractivity contribution in [3.8, 4) is 0 Å². The lowest BCUT2D eigenvalue weighted by Gasteiger charge is -2.17. The first-order valence-corrected chi connectivity index (χ1v) is 4.89. The van der Waals surface area contributed by atoms with Gasteiger partial charge in [-0.05, 0) is 19.3 Å². The van der Waals surface area contributed by atoms with Gasteiger partial charge in [0.2, 0.25) is 0 Å². The summed E-state index contributed by atoms with van der Waals surface area (Å²) >= 11 is 6.05. The zero-order valence-electron chi connectivity index (χ0n) is 8.02. The van der Waals surface area contributed by atoms with Crippen LogP contribution >= 0.6 is 11.6 Å². The summed E-state index contributed by atoms with van der Waals surface area (Å²) in [6, 6.07) is 0.593. The van der Waals surface area contributed by atoms with Gasteiger partial charge in [-0.2, -0.15) is 0 Å². The van der Waals surface area contributed by atoms with E-state index in [-0.39, 0.29) is 5.38 Å². The van der Waals surface area contributed by atoms with Crippen LogP contribution in [0.25, 0.3) is 0 Å². The van der Waals surface area contributed by atoms with Crippen molar-refractivity contribution in [1.82, 2.24) is 5.32 Å². The van der Waals surface area contributed by atoms with Crippen molar-refractivity contribution in [2.45, 2.75) is 45.5 Å². The van der Waals surface area contributed by atoms with E-state index in [1.54, 1.807) is 0 Å². The second-order valence-corrected chi connectivity index (χ2v) is 4.04. The second kappa shape index (κ2) is 5.84. The van der Waals surface area contributed by atoms with Gasteiger partial charge in [0.15, 0.2) is 0 Å². The highest BCUT2D eigenvalue weighted by molar-refractivity contribution is 6.20. The Morgan fingerprint density at radius 3 is 2.18 bits per heavy atom. The van der Waals surface area contributed by atoms with Gasteiger partial charge >= 0.3 is 0 Å². The molecule has 0 radical (unpaired) electrons. The third-order valence-corrected chi connectivity index (χ3v) is 2.66. The zero-order valence-corrected chi connectivity index (χ0v) is 8.78. The van der Waals surface area contributed by atoms with Crippen LogP contribution < -0.4 is 5.32 Å². The van der Waals surface area contributed by atoms with Gasteiger partial charge in [0.05, 0.1) is 0 Å². The molecule has 0 bridgehead atoms. The highest BCUT2D eigenvalue weighted by atomic mass is 35.5. The second-order valence-electron chi connectivity index (χ2n) is 3.48. The molecule has 0 aromatic rings. The van der Waals surface area contributed by atoms with E-state index >= 15 is 0 Å². The van der Waals surface area contributed by atoms with E-state index in [4.69, 9.17) is 11.6 Å². The molecule has 0 heterocycles. The van der Waals surface area contributed by atoms with Gasteiger partial charge in [-0.15, -0.1) is 11.6 Å². The minimum atomic E-state index is 0.268. The van der Waals surface area contributed by atoms with Crippen LogP contribution in [0.1, 0.15) is 34.1 Å². The molecule has 0 rings (SSSR count). The summed E-state index contributed by atoms with van der Waals surface area (Å²) in [5, 5.41) is 3.65. The maximum atomic E-state index is 6.05. The first-order valence-electron chi connectivity index (χ1n) is 4.45. The summed E-state index contributed by atoms with van der Waals surface area (Å²) in [4.78, 5) is 0. The highest BCUT2D eigenvalue weighted by Crippen LogP contribution is 2.07.